The van der Waals surface area contributed by atoms with Crippen molar-refractivity contribution in [1.82, 2.24) is 10.6 Å². The minimum atomic E-state index is -3.16. The Morgan fingerprint density at radius 2 is 1.83 bits per heavy atom. The molecule has 29 heavy (non-hydrogen) atoms. The molecule has 0 heterocycles. The number of aliphatic imine (C=N–C) groups is 1. The van der Waals surface area contributed by atoms with Gasteiger partial charge in [0.15, 0.2) is 15.8 Å². The molecule has 3 rings (SSSR count). The molecule has 1 aliphatic rings. The Morgan fingerprint density at radius 1 is 1.10 bits per heavy atom. The van der Waals surface area contributed by atoms with E-state index in [2.05, 4.69) is 21.7 Å². The molecular formula is C22H29N3O3S. The van der Waals surface area contributed by atoms with Crippen LogP contribution in [-0.2, 0) is 22.8 Å². The smallest absolute Gasteiger partial charge is 0.191 e. The average molecular weight is 416 g/mol. The predicted octanol–water partition coefficient (Wildman–Crippen LogP) is 2.79. The van der Waals surface area contributed by atoms with Crippen LogP contribution >= 0.6 is 0 Å². The second-order valence-electron chi connectivity index (χ2n) is 7.38. The van der Waals surface area contributed by atoms with Gasteiger partial charge in [0.1, 0.15) is 5.75 Å². The highest BCUT2D eigenvalue weighted by molar-refractivity contribution is 7.90. The van der Waals surface area contributed by atoms with E-state index in [1.807, 2.05) is 30.3 Å². The van der Waals surface area contributed by atoms with Crippen LogP contribution in [-0.4, -0.2) is 40.8 Å². The zero-order valence-electron chi connectivity index (χ0n) is 17.0. The Hall–Kier alpha value is -2.54. The van der Waals surface area contributed by atoms with Crippen LogP contribution in [0.25, 0.3) is 0 Å². The summed E-state index contributed by atoms with van der Waals surface area (Å²) in [5.41, 5.74) is 2.17. The summed E-state index contributed by atoms with van der Waals surface area (Å²) in [4.78, 5) is 4.61. The summed E-state index contributed by atoms with van der Waals surface area (Å²) in [5, 5.41) is 6.62. The third-order valence-electron chi connectivity index (χ3n) is 4.87. The molecule has 6 nitrogen and oxygen atoms in total. The number of nitrogens with one attached hydrogen (secondary N) is 2. The van der Waals surface area contributed by atoms with Gasteiger partial charge in [-0.2, -0.15) is 0 Å². The first-order chi connectivity index (χ1) is 14.0. The molecule has 2 aromatic carbocycles. The fourth-order valence-electron chi connectivity index (χ4n) is 2.91. The second-order valence-corrected chi connectivity index (χ2v) is 9.40. The molecule has 2 aromatic rings. The van der Waals surface area contributed by atoms with Gasteiger partial charge >= 0.3 is 0 Å². The number of ether oxygens (including phenoxy) is 1. The van der Waals surface area contributed by atoms with Gasteiger partial charge in [-0.3, -0.25) is 4.99 Å². The first-order valence-electron chi connectivity index (χ1n) is 9.90. The summed E-state index contributed by atoms with van der Waals surface area (Å²) in [6.45, 7) is 2.11. The number of benzene rings is 2. The average Bonchev–Trinajstić information content (AvgIpc) is 3.54. The molecule has 0 bridgehead atoms. The van der Waals surface area contributed by atoms with E-state index in [0.717, 1.165) is 41.8 Å². The van der Waals surface area contributed by atoms with E-state index in [-0.39, 0.29) is 0 Å². The molecule has 0 saturated heterocycles. The van der Waals surface area contributed by atoms with E-state index >= 15 is 0 Å². The Bertz CT molecular complexity index is 936. The largest absolute Gasteiger partial charge is 0.493 e. The standard InChI is InChI=1S/C22H29N3O3S/c1-23-22(24-14-13-17-9-11-20(12-10-17)29(2,26)27)25-15-19-5-3-4-6-21(19)28-16-18-7-8-18/h3-6,9-12,18H,7-8,13-16H2,1-2H3,(H2,23,24,25). The number of sulfone groups is 1. The molecule has 0 radical (unpaired) electrons. The number of guanidine groups is 1. The van der Waals surface area contributed by atoms with Crippen LogP contribution in [0.15, 0.2) is 58.4 Å². The Morgan fingerprint density at radius 3 is 2.48 bits per heavy atom. The minimum Gasteiger partial charge on any atom is -0.493 e. The maximum Gasteiger partial charge on any atom is 0.191 e. The van der Waals surface area contributed by atoms with Gasteiger partial charge in [-0.1, -0.05) is 30.3 Å². The van der Waals surface area contributed by atoms with E-state index in [9.17, 15) is 8.42 Å². The fourth-order valence-corrected chi connectivity index (χ4v) is 3.54. The lowest BCUT2D eigenvalue weighted by Gasteiger charge is -2.15. The van der Waals surface area contributed by atoms with Crippen LogP contribution in [0, 0.1) is 5.92 Å². The Kier molecular flexibility index (Phi) is 7.14. The highest BCUT2D eigenvalue weighted by Crippen LogP contribution is 2.30. The molecule has 0 atom stereocenters. The van der Waals surface area contributed by atoms with Crippen molar-refractivity contribution in [1.29, 1.82) is 0 Å². The molecule has 0 aromatic heterocycles. The predicted molar refractivity (Wildman–Crippen MR) is 116 cm³/mol. The van der Waals surface area contributed by atoms with Crippen molar-refractivity contribution in [3.8, 4) is 5.75 Å². The van der Waals surface area contributed by atoms with Gasteiger partial charge in [-0.15, -0.1) is 0 Å². The van der Waals surface area contributed by atoms with Crippen LogP contribution in [0.1, 0.15) is 24.0 Å². The third kappa shape index (κ3) is 6.78. The molecule has 0 spiro atoms. The first kappa shape index (κ1) is 21.2. The number of rotatable bonds is 9. The summed E-state index contributed by atoms with van der Waals surface area (Å²) < 4.78 is 29.0. The van der Waals surface area contributed by atoms with Gasteiger partial charge in [0.25, 0.3) is 0 Å². The van der Waals surface area contributed by atoms with Crippen molar-refractivity contribution in [3.63, 3.8) is 0 Å². The zero-order valence-corrected chi connectivity index (χ0v) is 17.8. The SMILES string of the molecule is CN=C(NCCc1ccc(S(C)(=O)=O)cc1)NCc1ccccc1OCC1CC1. The maximum atomic E-state index is 11.5. The molecule has 0 aliphatic heterocycles. The lowest BCUT2D eigenvalue weighted by atomic mass is 10.1. The summed E-state index contributed by atoms with van der Waals surface area (Å²) in [6, 6.07) is 15.1. The van der Waals surface area contributed by atoms with Crippen LogP contribution in [0.5, 0.6) is 5.75 Å². The van der Waals surface area contributed by atoms with Crippen LogP contribution in [0.2, 0.25) is 0 Å². The highest BCUT2D eigenvalue weighted by atomic mass is 32.2. The van der Waals surface area contributed by atoms with E-state index in [1.54, 1.807) is 19.2 Å². The van der Waals surface area contributed by atoms with Gasteiger partial charge in [0.05, 0.1) is 11.5 Å². The Balaban J connectivity index is 1.46. The molecule has 2 N–H and O–H groups in total. The van der Waals surface area contributed by atoms with E-state index < -0.39 is 9.84 Å². The molecular weight excluding hydrogens is 386 g/mol. The molecule has 1 saturated carbocycles. The lowest BCUT2D eigenvalue weighted by molar-refractivity contribution is 0.296. The molecule has 1 fully saturated rings. The molecule has 7 heteroatoms. The molecule has 156 valence electrons. The van der Waals surface area contributed by atoms with Crippen molar-refractivity contribution in [2.75, 3.05) is 26.5 Å². The minimum absolute atomic E-state index is 0.342. The van der Waals surface area contributed by atoms with Crippen LogP contribution in [0.4, 0.5) is 0 Å². The summed E-state index contributed by atoms with van der Waals surface area (Å²) in [5.74, 6) is 2.36. The second kappa shape index (κ2) is 9.78. The van der Waals surface area contributed by atoms with Crippen molar-refractivity contribution in [2.45, 2.75) is 30.7 Å². The fraction of sp³-hybridized carbons (Fsp3) is 0.409. The number of nitrogens with zero attached hydrogens (tertiary/aromatic N) is 1. The maximum absolute atomic E-state index is 11.5. The van der Waals surface area contributed by atoms with Crippen LogP contribution in [0.3, 0.4) is 0 Å². The van der Waals surface area contributed by atoms with E-state index in [0.29, 0.717) is 18.0 Å². The van der Waals surface area contributed by atoms with Gasteiger partial charge in [0, 0.05) is 32.0 Å². The monoisotopic (exact) mass is 415 g/mol. The van der Waals surface area contributed by atoms with Crippen molar-refractivity contribution in [3.05, 3.63) is 59.7 Å². The molecule has 1 aliphatic carbocycles. The normalized spacial score (nSPS) is 14.5. The first-order valence-corrected chi connectivity index (χ1v) is 11.8. The van der Waals surface area contributed by atoms with Crippen LogP contribution < -0.4 is 15.4 Å². The van der Waals surface area contributed by atoms with Gasteiger partial charge in [-0.25, -0.2) is 8.42 Å². The van der Waals surface area contributed by atoms with Gasteiger partial charge < -0.3 is 15.4 Å². The number of hydrogen-bond donors (Lipinski definition) is 2. The highest BCUT2D eigenvalue weighted by Gasteiger charge is 2.22. The quantitative estimate of drug-likeness (QED) is 0.486. The van der Waals surface area contributed by atoms with E-state index in [1.165, 1.54) is 19.1 Å². The molecule has 0 unspecified atom stereocenters. The zero-order chi connectivity index (χ0) is 20.7. The Labute approximate surface area is 173 Å². The van der Waals surface area contributed by atoms with Crippen molar-refractivity contribution in [2.24, 2.45) is 10.9 Å². The molecule has 0 amide bonds. The third-order valence-corrected chi connectivity index (χ3v) is 6.00. The number of hydrogen-bond acceptors (Lipinski definition) is 4. The van der Waals surface area contributed by atoms with Crippen molar-refractivity contribution < 1.29 is 13.2 Å². The lowest BCUT2D eigenvalue weighted by Crippen LogP contribution is -2.37. The summed E-state index contributed by atoms with van der Waals surface area (Å²) in [7, 11) is -1.41. The summed E-state index contributed by atoms with van der Waals surface area (Å²) in [6.07, 6.45) is 4.53. The summed E-state index contributed by atoms with van der Waals surface area (Å²) >= 11 is 0. The van der Waals surface area contributed by atoms with Gasteiger partial charge in [-0.05, 0) is 48.9 Å². The number of para-hydroxylation sites is 1. The van der Waals surface area contributed by atoms with E-state index in [4.69, 9.17) is 4.74 Å². The van der Waals surface area contributed by atoms with Crippen molar-refractivity contribution >= 4 is 15.8 Å². The topological polar surface area (TPSA) is 79.8 Å². The van der Waals surface area contributed by atoms with Gasteiger partial charge in [0.2, 0.25) is 0 Å².